The van der Waals surface area contributed by atoms with Gasteiger partial charge >= 0.3 is 0 Å². The lowest BCUT2D eigenvalue weighted by atomic mass is 10.3. The Labute approximate surface area is 95.3 Å². The van der Waals surface area contributed by atoms with Crippen LogP contribution in [0.5, 0.6) is 5.75 Å². The Morgan fingerprint density at radius 3 is 2.93 bits per heavy atom. The first-order valence-corrected chi connectivity index (χ1v) is 5.21. The molecule has 1 heterocycles. The number of halogens is 1. The lowest BCUT2D eigenvalue weighted by Gasteiger charge is -2.03. The van der Waals surface area contributed by atoms with E-state index in [1.807, 2.05) is 31.2 Å². The molecule has 0 aliphatic carbocycles. The van der Waals surface area contributed by atoms with Crippen molar-refractivity contribution in [3.05, 3.63) is 40.1 Å². The summed E-state index contributed by atoms with van der Waals surface area (Å²) < 4.78 is 11.1. The van der Waals surface area contributed by atoms with Crippen molar-refractivity contribution in [2.75, 3.05) is 0 Å². The van der Waals surface area contributed by atoms with Crippen molar-refractivity contribution < 1.29 is 9.37 Å². The SMILES string of the molecule is Cc1nonc1COc1cccc(Br)c1. The predicted octanol–water partition coefficient (Wildman–Crippen LogP) is 2.72. The predicted molar refractivity (Wildman–Crippen MR) is 57.5 cm³/mol. The van der Waals surface area contributed by atoms with Crippen molar-refractivity contribution in [3.8, 4) is 5.75 Å². The first kappa shape index (κ1) is 10.2. The second kappa shape index (κ2) is 4.44. The molecule has 2 rings (SSSR count). The fraction of sp³-hybridized carbons (Fsp3) is 0.200. The maximum Gasteiger partial charge on any atom is 0.145 e. The molecular formula is C10H9BrN2O2. The number of rotatable bonds is 3. The van der Waals surface area contributed by atoms with Gasteiger partial charge in [-0.05, 0) is 25.1 Å². The van der Waals surface area contributed by atoms with Gasteiger partial charge < -0.3 is 4.74 Å². The zero-order valence-corrected chi connectivity index (χ0v) is 9.69. The van der Waals surface area contributed by atoms with E-state index >= 15 is 0 Å². The normalized spacial score (nSPS) is 10.3. The third kappa shape index (κ3) is 2.56. The Kier molecular flexibility index (Phi) is 3.01. The molecule has 1 aromatic heterocycles. The molecule has 0 saturated carbocycles. The average molecular weight is 269 g/mol. The molecule has 0 aliphatic heterocycles. The van der Waals surface area contributed by atoms with Gasteiger partial charge in [0.2, 0.25) is 0 Å². The summed E-state index contributed by atoms with van der Waals surface area (Å²) in [5.41, 5.74) is 1.47. The molecule has 0 spiro atoms. The lowest BCUT2D eigenvalue weighted by molar-refractivity contribution is 0.270. The Morgan fingerprint density at radius 2 is 2.27 bits per heavy atom. The minimum absolute atomic E-state index is 0.367. The fourth-order valence-electron chi connectivity index (χ4n) is 1.09. The van der Waals surface area contributed by atoms with Crippen LogP contribution in [0.2, 0.25) is 0 Å². The van der Waals surface area contributed by atoms with Crippen molar-refractivity contribution in [2.45, 2.75) is 13.5 Å². The van der Waals surface area contributed by atoms with Crippen molar-refractivity contribution in [1.82, 2.24) is 10.3 Å². The van der Waals surface area contributed by atoms with Gasteiger partial charge in [-0.2, -0.15) is 0 Å². The molecule has 0 aliphatic rings. The fourth-order valence-corrected chi connectivity index (χ4v) is 1.47. The van der Waals surface area contributed by atoms with E-state index in [0.717, 1.165) is 21.6 Å². The number of ether oxygens (including phenoxy) is 1. The van der Waals surface area contributed by atoms with Crippen LogP contribution >= 0.6 is 15.9 Å². The van der Waals surface area contributed by atoms with E-state index in [1.54, 1.807) is 0 Å². The molecule has 0 radical (unpaired) electrons. The topological polar surface area (TPSA) is 48.2 Å². The van der Waals surface area contributed by atoms with Gasteiger partial charge in [-0.1, -0.05) is 32.3 Å². The number of benzene rings is 1. The van der Waals surface area contributed by atoms with Crippen molar-refractivity contribution in [3.63, 3.8) is 0 Å². The monoisotopic (exact) mass is 268 g/mol. The quantitative estimate of drug-likeness (QED) is 0.859. The van der Waals surface area contributed by atoms with E-state index in [0.29, 0.717) is 6.61 Å². The minimum Gasteiger partial charge on any atom is -0.487 e. The highest BCUT2D eigenvalue weighted by Crippen LogP contribution is 2.18. The average Bonchev–Trinajstić information content (AvgIpc) is 2.61. The van der Waals surface area contributed by atoms with E-state index in [4.69, 9.17) is 4.74 Å². The number of aryl methyl sites for hydroxylation is 1. The summed E-state index contributed by atoms with van der Waals surface area (Å²) in [5.74, 6) is 0.784. The van der Waals surface area contributed by atoms with Crippen LogP contribution < -0.4 is 4.74 Å². The molecule has 15 heavy (non-hydrogen) atoms. The Balaban J connectivity index is 2.02. The number of hydrogen-bond donors (Lipinski definition) is 0. The van der Waals surface area contributed by atoms with E-state index in [9.17, 15) is 0 Å². The number of hydrogen-bond acceptors (Lipinski definition) is 4. The van der Waals surface area contributed by atoms with Gasteiger partial charge in [0.1, 0.15) is 23.7 Å². The summed E-state index contributed by atoms with van der Waals surface area (Å²) in [6, 6.07) is 7.62. The second-order valence-corrected chi connectivity index (χ2v) is 3.96. The van der Waals surface area contributed by atoms with Gasteiger partial charge in [0.15, 0.2) is 0 Å². The zero-order valence-electron chi connectivity index (χ0n) is 8.11. The van der Waals surface area contributed by atoms with E-state index in [1.165, 1.54) is 0 Å². The highest BCUT2D eigenvalue weighted by molar-refractivity contribution is 9.10. The summed E-state index contributed by atoms with van der Waals surface area (Å²) in [4.78, 5) is 0. The van der Waals surface area contributed by atoms with Crippen LogP contribution in [0.15, 0.2) is 33.4 Å². The molecule has 0 unspecified atom stereocenters. The first-order valence-electron chi connectivity index (χ1n) is 4.42. The van der Waals surface area contributed by atoms with Crippen LogP contribution in [0, 0.1) is 6.92 Å². The Bertz CT molecular complexity index is 456. The smallest absolute Gasteiger partial charge is 0.145 e. The van der Waals surface area contributed by atoms with E-state index in [-0.39, 0.29) is 0 Å². The molecule has 0 N–H and O–H groups in total. The van der Waals surface area contributed by atoms with Crippen molar-refractivity contribution in [1.29, 1.82) is 0 Å². The molecule has 78 valence electrons. The van der Waals surface area contributed by atoms with Crippen molar-refractivity contribution in [2.24, 2.45) is 0 Å². The third-order valence-corrected chi connectivity index (χ3v) is 2.41. The van der Waals surface area contributed by atoms with Gasteiger partial charge in [-0.25, -0.2) is 4.63 Å². The number of aromatic nitrogens is 2. The summed E-state index contributed by atoms with van der Waals surface area (Å²) in [5, 5.41) is 7.40. The first-order chi connectivity index (χ1) is 7.25. The van der Waals surface area contributed by atoms with Crippen LogP contribution in [0.1, 0.15) is 11.4 Å². The van der Waals surface area contributed by atoms with Crippen LogP contribution in [0.25, 0.3) is 0 Å². The van der Waals surface area contributed by atoms with E-state index < -0.39 is 0 Å². The zero-order chi connectivity index (χ0) is 10.7. The highest BCUT2D eigenvalue weighted by atomic mass is 79.9. The Hall–Kier alpha value is -1.36. The molecule has 0 amide bonds. The Morgan fingerprint density at radius 1 is 1.40 bits per heavy atom. The van der Waals surface area contributed by atoms with Gasteiger partial charge in [-0.15, -0.1) is 0 Å². The minimum atomic E-state index is 0.367. The van der Waals surface area contributed by atoms with Crippen LogP contribution in [-0.4, -0.2) is 10.3 Å². The van der Waals surface area contributed by atoms with Crippen LogP contribution in [-0.2, 0) is 6.61 Å². The third-order valence-electron chi connectivity index (χ3n) is 1.92. The summed E-state index contributed by atoms with van der Waals surface area (Å²) in [6.45, 7) is 2.20. The van der Waals surface area contributed by atoms with Crippen molar-refractivity contribution >= 4 is 15.9 Å². The summed E-state index contributed by atoms with van der Waals surface area (Å²) in [6.07, 6.45) is 0. The molecule has 0 bridgehead atoms. The molecule has 2 aromatic rings. The molecule has 5 heteroatoms. The summed E-state index contributed by atoms with van der Waals surface area (Å²) >= 11 is 3.37. The molecule has 0 atom stereocenters. The van der Waals surface area contributed by atoms with Gasteiger partial charge in [0.05, 0.1) is 0 Å². The van der Waals surface area contributed by atoms with Gasteiger partial charge in [0.25, 0.3) is 0 Å². The second-order valence-electron chi connectivity index (χ2n) is 3.04. The van der Waals surface area contributed by atoms with Crippen LogP contribution in [0.3, 0.4) is 0 Å². The summed E-state index contributed by atoms with van der Waals surface area (Å²) in [7, 11) is 0. The molecular weight excluding hydrogens is 260 g/mol. The van der Waals surface area contributed by atoms with Gasteiger partial charge in [0, 0.05) is 4.47 Å². The highest BCUT2D eigenvalue weighted by Gasteiger charge is 2.05. The standard InChI is InChI=1S/C10H9BrN2O2/c1-7-10(13-15-12-7)6-14-9-4-2-3-8(11)5-9/h2-5H,6H2,1H3. The van der Waals surface area contributed by atoms with Crippen LogP contribution in [0.4, 0.5) is 0 Å². The lowest BCUT2D eigenvalue weighted by Crippen LogP contribution is -1.97. The molecule has 0 saturated heterocycles. The molecule has 0 fully saturated rings. The van der Waals surface area contributed by atoms with E-state index in [2.05, 4.69) is 30.9 Å². The van der Waals surface area contributed by atoms with Gasteiger partial charge in [-0.3, -0.25) is 0 Å². The number of nitrogens with zero attached hydrogens (tertiary/aromatic N) is 2. The maximum absolute atomic E-state index is 5.52. The molecule has 4 nitrogen and oxygen atoms in total. The molecule has 1 aromatic carbocycles. The largest absolute Gasteiger partial charge is 0.487 e. The maximum atomic E-state index is 5.52.